The van der Waals surface area contributed by atoms with E-state index in [0.29, 0.717) is 11.3 Å². The van der Waals surface area contributed by atoms with Gasteiger partial charge in [-0.15, -0.1) is 11.8 Å². The van der Waals surface area contributed by atoms with Gasteiger partial charge in [0, 0.05) is 4.90 Å². The first-order valence-corrected chi connectivity index (χ1v) is 6.00. The largest absolute Gasteiger partial charge is 0.490 e. The highest BCUT2D eigenvalue weighted by Crippen LogP contribution is 2.29. The van der Waals surface area contributed by atoms with Crippen LogP contribution in [0.2, 0.25) is 0 Å². The molecule has 80 valence electrons. The minimum atomic E-state index is 0.0963. The maximum atomic E-state index is 9.10. The Labute approximate surface area is 95.3 Å². The molecule has 0 unspecified atom stereocenters. The zero-order chi connectivity index (χ0) is 11.3. The van der Waals surface area contributed by atoms with E-state index in [1.165, 1.54) is 0 Å². The highest BCUT2D eigenvalue weighted by Gasteiger charge is 2.09. The third kappa shape index (κ3) is 3.17. The van der Waals surface area contributed by atoms with Crippen molar-refractivity contribution in [2.45, 2.75) is 31.8 Å². The topological polar surface area (TPSA) is 33.0 Å². The number of ether oxygens (including phenoxy) is 1. The van der Waals surface area contributed by atoms with Crippen molar-refractivity contribution in [1.82, 2.24) is 0 Å². The molecule has 2 nitrogen and oxygen atoms in total. The van der Waals surface area contributed by atoms with Crippen molar-refractivity contribution in [2.24, 2.45) is 0 Å². The molecule has 0 saturated carbocycles. The highest BCUT2D eigenvalue weighted by atomic mass is 32.2. The monoisotopic (exact) mass is 221 g/mol. The van der Waals surface area contributed by atoms with Gasteiger partial charge in [-0.3, -0.25) is 0 Å². The van der Waals surface area contributed by atoms with E-state index in [0.717, 1.165) is 10.6 Å². The van der Waals surface area contributed by atoms with Crippen LogP contribution in [0, 0.1) is 11.3 Å². The summed E-state index contributed by atoms with van der Waals surface area (Å²) in [6, 6.07) is 7.94. The molecule has 1 aromatic rings. The molecule has 0 radical (unpaired) electrons. The van der Waals surface area contributed by atoms with Crippen LogP contribution in [0.15, 0.2) is 23.1 Å². The van der Waals surface area contributed by atoms with Crippen molar-refractivity contribution in [2.75, 3.05) is 5.75 Å². The molecule has 0 aliphatic carbocycles. The quantitative estimate of drug-likeness (QED) is 0.730. The Morgan fingerprint density at radius 1 is 1.47 bits per heavy atom. The van der Waals surface area contributed by atoms with Gasteiger partial charge in [0.2, 0.25) is 0 Å². The summed E-state index contributed by atoms with van der Waals surface area (Å²) in [5.41, 5.74) is 0.651. The van der Waals surface area contributed by atoms with E-state index >= 15 is 0 Å². The Kier molecular flexibility index (Phi) is 4.51. The first-order valence-electron chi connectivity index (χ1n) is 5.01. The molecule has 1 rings (SSSR count). The van der Waals surface area contributed by atoms with Gasteiger partial charge in [0.1, 0.15) is 17.4 Å². The Balaban J connectivity index is 3.06. The number of hydrogen-bond acceptors (Lipinski definition) is 3. The van der Waals surface area contributed by atoms with Gasteiger partial charge >= 0.3 is 0 Å². The number of thioether (sulfide) groups is 1. The van der Waals surface area contributed by atoms with Crippen LogP contribution >= 0.6 is 11.8 Å². The van der Waals surface area contributed by atoms with E-state index in [-0.39, 0.29) is 6.10 Å². The summed E-state index contributed by atoms with van der Waals surface area (Å²) in [5.74, 6) is 1.64. The van der Waals surface area contributed by atoms with Crippen molar-refractivity contribution in [3.05, 3.63) is 23.8 Å². The molecule has 0 saturated heterocycles. The van der Waals surface area contributed by atoms with Gasteiger partial charge in [-0.1, -0.05) is 13.0 Å². The summed E-state index contributed by atoms with van der Waals surface area (Å²) in [5, 5.41) is 9.10. The summed E-state index contributed by atoms with van der Waals surface area (Å²) in [6.45, 7) is 5.99. The molecular weight excluding hydrogens is 206 g/mol. The van der Waals surface area contributed by atoms with E-state index in [9.17, 15) is 0 Å². The number of benzene rings is 1. The van der Waals surface area contributed by atoms with Crippen molar-refractivity contribution >= 4 is 11.8 Å². The number of nitriles is 1. The van der Waals surface area contributed by atoms with Crippen LogP contribution in [0.5, 0.6) is 5.75 Å². The molecule has 0 aromatic heterocycles. The second-order valence-corrected chi connectivity index (χ2v) is 4.65. The summed E-state index contributed by atoms with van der Waals surface area (Å²) in [4.78, 5) is 0.998. The standard InChI is InChI=1S/C12H15NOS/c1-4-15-12-7-5-6-11(10(12)8-13)14-9(2)3/h5-7,9H,4H2,1-3H3. The number of hydrogen-bond donors (Lipinski definition) is 0. The number of rotatable bonds is 4. The molecule has 0 heterocycles. The van der Waals surface area contributed by atoms with E-state index in [2.05, 4.69) is 13.0 Å². The lowest BCUT2D eigenvalue weighted by atomic mass is 10.2. The molecule has 0 aliphatic rings. The van der Waals surface area contributed by atoms with Gasteiger partial charge in [-0.05, 0) is 31.7 Å². The molecule has 0 aliphatic heterocycles. The molecule has 0 bridgehead atoms. The fourth-order valence-electron chi connectivity index (χ4n) is 1.25. The molecule has 1 aromatic carbocycles. The lowest BCUT2D eigenvalue weighted by molar-refractivity contribution is 0.241. The fraction of sp³-hybridized carbons (Fsp3) is 0.417. The summed E-state index contributed by atoms with van der Waals surface area (Å²) < 4.78 is 5.59. The second-order valence-electron chi connectivity index (χ2n) is 3.34. The van der Waals surface area contributed by atoms with Crippen LogP contribution in [-0.2, 0) is 0 Å². The Bertz CT molecular complexity index is 368. The van der Waals surface area contributed by atoms with Gasteiger partial charge in [0.05, 0.1) is 6.10 Å². The molecule has 3 heteroatoms. The molecule has 15 heavy (non-hydrogen) atoms. The normalized spacial score (nSPS) is 10.1. The van der Waals surface area contributed by atoms with Crippen molar-refractivity contribution in [3.8, 4) is 11.8 Å². The van der Waals surface area contributed by atoms with Crippen LogP contribution in [0.1, 0.15) is 26.3 Å². The summed E-state index contributed by atoms with van der Waals surface area (Å²) in [7, 11) is 0. The summed E-state index contributed by atoms with van der Waals surface area (Å²) >= 11 is 1.67. The molecule has 0 fully saturated rings. The lowest BCUT2D eigenvalue weighted by Gasteiger charge is -2.12. The SMILES string of the molecule is CCSc1cccc(OC(C)C)c1C#N. The van der Waals surface area contributed by atoms with Crippen LogP contribution < -0.4 is 4.74 Å². The van der Waals surface area contributed by atoms with Crippen LogP contribution in [-0.4, -0.2) is 11.9 Å². The van der Waals surface area contributed by atoms with Gasteiger partial charge in [-0.2, -0.15) is 5.26 Å². The smallest absolute Gasteiger partial charge is 0.138 e. The van der Waals surface area contributed by atoms with Gasteiger partial charge in [0.25, 0.3) is 0 Å². The van der Waals surface area contributed by atoms with Crippen LogP contribution in [0.4, 0.5) is 0 Å². The predicted molar refractivity (Wildman–Crippen MR) is 63.3 cm³/mol. The maximum absolute atomic E-state index is 9.10. The van der Waals surface area contributed by atoms with Crippen molar-refractivity contribution in [3.63, 3.8) is 0 Å². The minimum Gasteiger partial charge on any atom is -0.490 e. The average Bonchev–Trinajstić information content (AvgIpc) is 2.18. The summed E-state index contributed by atoms with van der Waals surface area (Å²) in [6.07, 6.45) is 0.0963. The maximum Gasteiger partial charge on any atom is 0.138 e. The van der Waals surface area contributed by atoms with Crippen molar-refractivity contribution < 1.29 is 4.74 Å². The molecule has 0 atom stereocenters. The van der Waals surface area contributed by atoms with E-state index in [1.54, 1.807) is 11.8 Å². The Morgan fingerprint density at radius 2 is 2.20 bits per heavy atom. The Hall–Kier alpha value is -1.14. The minimum absolute atomic E-state index is 0.0963. The van der Waals surface area contributed by atoms with E-state index < -0.39 is 0 Å². The fourth-order valence-corrected chi connectivity index (χ4v) is 2.03. The zero-order valence-electron chi connectivity index (χ0n) is 9.28. The van der Waals surface area contributed by atoms with Gasteiger partial charge in [0.15, 0.2) is 0 Å². The third-order valence-electron chi connectivity index (χ3n) is 1.76. The molecule has 0 amide bonds. The lowest BCUT2D eigenvalue weighted by Crippen LogP contribution is -2.07. The predicted octanol–water partition coefficient (Wildman–Crippen LogP) is 3.46. The zero-order valence-corrected chi connectivity index (χ0v) is 10.1. The number of nitrogens with zero attached hydrogens (tertiary/aromatic N) is 1. The van der Waals surface area contributed by atoms with E-state index in [1.807, 2.05) is 32.0 Å². The first-order chi connectivity index (χ1) is 7.19. The third-order valence-corrected chi connectivity index (χ3v) is 2.70. The van der Waals surface area contributed by atoms with E-state index in [4.69, 9.17) is 10.00 Å². The molecule has 0 N–H and O–H groups in total. The Morgan fingerprint density at radius 3 is 2.73 bits per heavy atom. The average molecular weight is 221 g/mol. The van der Waals surface area contributed by atoms with Gasteiger partial charge in [-0.25, -0.2) is 0 Å². The van der Waals surface area contributed by atoms with Crippen LogP contribution in [0.25, 0.3) is 0 Å². The van der Waals surface area contributed by atoms with Crippen LogP contribution in [0.3, 0.4) is 0 Å². The van der Waals surface area contributed by atoms with Gasteiger partial charge < -0.3 is 4.74 Å². The van der Waals surface area contributed by atoms with Crippen molar-refractivity contribution in [1.29, 1.82) is 5.26 Å². The second kappa shape index (κ2) is 5.67. The molecule has 0 spiro atoms. The molecular formula is C12H15NOS. The first kappa shape index (κ1) is 11.9. The highest BCUT2D eigenvalue weighted by molar-refractivity contribution is 7.99.